The van der Waals surface area contributed by atoms with Crippen LogP contribution in [0.3, 0.4) is 0 Å². The number of carbonyl (C=O) groups is 2. The SMILES string of the molecule is COc1ccc(C2=C(N(C)c3ccccc3)C(=O)N(c3ccc(C)cc3)C2=O)cc1. The van der Waals surface area contributed by atoms with Gasteiger partial charge in [-0.2, -0.15) is 0 Å². The van der Waals surface area contributed by atoms with Crippen LogP contribution in [0.5, 0.6) is 5.75 Å². The molecule has 1 heterocycles. The Balaban J connectivity index is 1.86. The minimum atomic E-state index is -0.346. The van der Waals surface area contributed by atoms with Gasteiger partial charge in [-0.1, -0.05) is 48.0 Å². The van der Waals surface area contributed by atoms with Crippen LogP contribution >= 0.6 is 0 Å². The summed E-state index contributed by atoms with van der Waals surface area (Å²) in [5.74, 6) is -0.00250. The molecule has 1 aliphatic rings. The second-order valence-electron chi connectivity index (χ2n) is 7.13. The van der Waals surface area contributed by atoms with Gasteiger partial charge in [0.25, 0.3) is 11.8 Å². The highest BCUT2D eigenvalue weighted by atomic mass is 16.5. The summed E-state index contributed by atoms with van der Waals surface area (Å²) in [6.07, 6.45) is 0. The number of imide groups is 1. The van der Waals surface area contributed by atoms with E-state index < -0.39 is 0 Å². The zero-order valence-corrected chi connectivity index (χ0v) is 17.1. The third kappa shape index (κ3) is 3.35. The minimum Gasteiger partial charge on any atom is -0.497 e. The van der Waals surface area contributed by atoms with E-state index in [4.69, 9.17) is 4.74 Å². The molecule has 4 rings (SSSR count). The Kier molecular flexibility index (Phi) is 5.11. The highest BCUT2D eigenvalue weighted by Crippen LogP contribution is 2.36. The van der Waals surface area contributed by atoms with Gasteiger partial charge < -0.3 is 9.64 Å². The third-order valence-corrected chi connectivity index (χ3v) is 5.21. The molecular weight excluding hydrogens is 376 g/mol. The van der Waals surface area contributed by atoms with Crippen LogP contribution in [0.25, 0.3) is 5.57 Å². The van der Waals surface area contributed by atoms with Crippen LogP contribution in [-0.2, 0) is 9.59 Å². The lowest BCUT2D eigenvalue weighted by atomic mass is 10.0. The van der Waals surface area contributed by atoms with E-state index in [0.29, 0.717) is 28.3 Å². The number of ether oxygens (including phenoxy) is 1. The molecule has 3 aromatic rings. The first kappa shape index (κ1) is 19.5. The fourth-order valence-corrected chi connectivity index (χ4v) is 3.56. The number of carbonyl (C=O) groups excluding carboxylic acids is 2. The predicted octanol–water partition coefficient (Wildman–Crippen LogP) is 4.42. The molecule has 0 aliphatic carbocycles. The topological polar surface area (TPSA) is 49.9 Å². The standard InChI is InChI=1S/C25H22N2O3/c1-17-9-13-20(14-10-17)27-24(28)22(18-11-15-21(30-3)16-12-18)23(25(27)29)26(2)19-7-5-4-6-8-19/h4-16H,1-3H3. The number of likely N-dealkylation sites (N-methyl/N-ethyl adjacent to an activating group) is 1. The van der Waals surface area contributed by atoms with Crippen LogP contribution in [0.1, 0.15) is 11.1 Å². The number of para-hydroxylation sites is 1. The minimum absolute atomic E-state index is 0.341. The van der Waals surface area contributed by atoms with Crippen LogP contribution in [0, 0.1) is 6.92 Å². The molecular formula is C25H22N2O3. The van der Waals surface area contributed by atoms with Crippen LogP contribution in [0.15, 0.2) is 84.6 Å². The molecule has 0 radical (unpaired) electrons. The molecule has 0 bridgehead atoms. The smallest absolute Gasteiger partial charge is 0.282 e. The third-order valence-electron chi connectivity index (χ3n) is 5.21. The zero-order chi connectivity index (χ0) is 21.3. The molecule has 0 N–H and O–H groups in total. The van der Waals surface area contributed by atoms with Crippen LogP contribution < -0.4 is 14.5 Å². The fourth-order valence-electron chi connectivity index (χ4n) is 3.56. The number of anilines is 2. The van der Waals surface area contributed by atoms with Crippen LogP contribution in [0.2, 0.25) is 0 Å². The van der Waals surface area contributed by atoms with E-state index in [9.17, 15) is 9.59 Å². The van der Waals surface area contributed by atoms with Crippen molar-refractivity contribution >= 4 is 28.8 Å². The first-order valence-electron chi connectivity index (χ1n) is 9.64. The van der Waals surface area contributed by atoms with Crippen molar-refractivity contribution in [3.05, 3.63) is 95.7 Å². The Hall–Kier alpha value is -3.86. The molecule has 3 aromatic carbocycles. The Morgan fingerprint density at radius 1 is 0.800 bits per heavy atom. The van der Waals surface area contributed by atoms with Gasteiger partial charge in [-0.15, -0.1) is 0 Å². The maximum absolute atomic E-state index is 13.5. The van der Waals surface area contributed by atoms with Gasteiger partial charge in [0.1, 0.15) is 11.4 Å². The van der Waals surface area contributed by atoms with E-state index >= 15 is 0 Å². The summed E-state index contributed by atoms with van der Waals surface area (Å²) < 4.78 is 5.24. The highest BCUT2D eigenvalue weighted by molar-refractivity contribution is 6.46. The maximum Gasteiger partial charge on any atom is 0.282 e. The second-order valence-corrected chi connectivity index (χ2v) is 7.13. The van der Waals surface area contributed by atoms with Gasteiger partial charge in [-0.3, -0.25) is 9.59 Å². The van der Waals surface area contributed by atoms with Crippen molar-refractivity contribution in [2.75, 3.05) is 24.0 Å². The number of rotatable bonds is 5. The lowest BCUT2D eigenvalue weighted by Gasteiger charge is -2.21. The average Bonchev–Trinajstić information content (AvgIpc) is 3.04. The van der Waals surface area contributed by atoms with Crippen molar-refractivity contribution in [2.24, 2.45) is 0 Å². The molecule has 0 saturated carbocycles. The maximum atomic E-state index is 13.5. The summed E-state index contributed by atoms with van der Waals surface area (Å²) in [5, 5.41) is 0. The Bertz CT molecular complexity index is 1120. The van der Waals surface area contributed by atoms with Gasteiger partial charge in [-0.05, 0) is 48.9 Å². The Morgan fingerprint density at radius 3 is 2.03 bits per heavy atom. The molecule has 1 aliphatic heterocycles. The lowest BCUT2D eigenvalue weighted by molar-refractivity contribution is -0.120. The van der Waals surface area contributed by atoms with Gasteiger partial charge in [0.05, 0.1) is 18.4 Å². The summed E-state index contributed by atoms with van der Waals surface area (Å²) in [4.78, 5) is 30.0. The van der Waals surface area contributed by atoms with E-state index in [0.717, 1.165) is 11.3 Å². The molecule has 0 fully saturated rings. The molecule has 0 spiro atoms. The van der Waals surface area contributed by atoms with Crippen molar-refractivity contribution in [1.29, 1.82) is 0 Å². The molecule has 0 aromatic heterocycles. The van der Waals surface area contributed by atoms with E-state index in [-0.39, 0.29) is 11.8 Å². The van der Waals surface area contributed by atoms with Gasteiger partial charge in [0.15, 0.2) is 0 Å². The molecule has 0 unspecified atom stereocenters. The summed E-state index contributed by atoms with van der Waals surface area (Å²) in [7, 11) is 3.39. The molecule has 30 heavy (non-hydrogen) atoms. The number of hydrogen-bond donors (Lipinski definition) is 0. The lowest BCUT2D eigenvalue weighted by Crippen LogP contribution is -2.34. The van der Waals surface area contributed by atoms with Gasteiger partial charge in [0.2, 0.25) is 0 Å². The molecule has 5 heteroatoms. The van der Waals surface area contributed by atoms with Gasteiger partial charge in [-0.25, -0.2) is 4.90 Å². The van der Waals surface area contributed by atoms with Crippen molar-refractivity contribution < 1.29 is 14.3 Å². The number of hydrogen-bond acceptors (Lipinski definition) is 4. The van der Waals surface area contributed by atoms with E-state index in [1.807, 2.05) is 49.4 Å². The normalized spacial score (nSPS) is 13.8. The number of methoxy groups -OCH3 is 1. The van der Waals surface area contributed by atoms with E-state index in [1.54, 1.807) is 55.5 Å². The summed E-state index contributed by atoms with van der Waals surface area (Å²) in [5.41, 5.74) is 3.82. The number of benzene rings is 3. The van der Waals surface area contributed by atoms with Crippen molar-refractivity contribution in [3.63, 3.8) is 0 Å². The summed E-state index contributed by atoms with van der Waals surface area (Å²) in [6, 6.07) is 24.1. The quantitative estimate of drug-likeness (QED) is 0.597. The van der Waals surface area contributed by atoms with Gasteiger partial charge in [0, 0.05) is 12.7 Å². The predicted molar refractivity (Wildman–Crippen MR) is 118 cm³/mol. The number of amides is 2. The first-order chi connectivity index (χ1) is 14.5. The van der Waals surface area contributed by atoms with E-state index in [1.165, 1.54) is 4.90 Å². The second kappa shape index (κ2) is 7.87. The Morgan fingerprint density at radius 2 is 1.43 bits per heavy atom. The van der Waals surface area contributed by atoms with Crippen LogP contribution in [-0.4, -0.2) is 26.0 Å². The molecule has 0 atom stereocenters. The van der Waals surface area contributed by atoms with Crippen molar-refractivity contribution in [3.8, 4) is 5.75 Å². The summed E-state index contributed by atoms with van der Waals surface area (Å²) in [6.45, 7) is 1.97. The number of aryl methyl sites for hydroxylation is 1. The number of nitrogens with zero attached hydrogens (tertiary/aromatic N) is 2. The Labute approximate surface area is 175 Å². The molecule has 150 valence electrons. The summed E-state index contributed by atoms with van der Waals surface area (Å²) >= 11 is 0. The zero-order valence-electron chi connectivity index (χ0n) is 17.1. The highest BCUT2D eigenvalue weighted by Gasteiger charge is 2.42. The monoisotopic (exact) mass is 398 g/mol. The van der Waals surface area contributed by atoms with Crippen molar-refractivity contribution in [1.82, 2.24) is 0 Å². The molecule has 0 saturated heterocycles. The molecule has 2 amide bonds. The van der Waals surface area contributed by atoms with E-state index in [2.05, 4.69) is 0 Å². The van der Waals surface area contributed by atoms with Crippen molar-refractivity contribution in [2.45, 2.75) is 6.92 Å². The first-order valence-corrected chi connectivity index (χ1v) is 9.64. The molecule has 5 nitrogen and oxygen atoms in total. The van der Waals surface area contributed by atoms with Gasteiger partial charge >= 0.3 is 0 Å². The average molecular weight is 398 g/mol. The fraction of sp³-hybridized carbons (Fsp3) is 0.120. The van der Waals surface area contributed by atoms with Crippen LogP contribution in [0.4, 0.5) is 11.4 Å². The largest absolute Gasteiger partial charge is 0.497 e.